The number of para-hydroxylation sites is 1. The topological polar surface area (TPSA) is 111 Å². The summed E-state index contributed by atoms with van der Waals surface area (Å²) in [6.45, 7) is 0. The SMILES string of the molecule is COC(=O)c1ccccc1NC(=O)CCSc1nc(-c2ccccc2)cc(-c2cc(OC)ccc2OC)c1C#N. The van der Waals surface area contributed by atoms with Gasteiger partial charge in [-0.1, -0.05) is 42.5 Å². The third kappa shape index (κ3) is 6.42. The molecule has 0 saturated carbocycles. The predicted molar refractivity (Wildman–Crippen MR) is 155 cm³/mol. The first-order chi connectivity index (χ1) is 19.5. The summed E-state index contributed by atoms with van der Waals surface area (Å²) in [6, 6.07) is 25.9. The van der Waals surface area contributed by atoms with Crippen LogP contribution in [-0.2, 0) is 9.53 Å². The molecule has 1 aromatic heterocycles. The first-order valence-corrected chi connectivity index (χ1v) is 13.3. The van der Waals surface area contributed by atoms with Crippen molar-refractivity contribution in [2.45, 2.75) is 11.4 Å². The fraction of sp³-hybridized carbons (Fsp3) is 0.161. The third-order valence-electron chi connectivity index (χ3n) is 6.04. The summed E-state index contributed by atoms with van der Waals surface area (Å²) in [5, 5.41) is 13.5. The Morgan fingerprint density at radius 2 is 1.68 bits per heavy atom. The molecule has 1 heterocycles. The second-order valence-electron chi connectivity index (χ2n) is 8.46. The lowest BCUT2D eigenvalue weighted by Gasteiger charge is -2.16. The van der Waals surface area contributed by atoms with E-state index in [0.717, 1.165) is 5.56 Å². The lowest BCUT2D eigenvalue weighted by atomic mass is 9.98. The van der Waals surface area contributed by atoms with Gasteiger partial charge in [-0.2, -0.15) is 5.26 Å². The standard InChI is InChI=1S/C31H27N3O5S/c1-37-21-13-14-28(38-2)24(17-21)23-18-27(20-9-5-4-6-10-20)34-30(25(23)19-32)40-16-15-29(35)33-26-12-8-7-11-22(26)31(36)39-3/h4-14,17-18H,15-16H2,1-3H3,(H,33,35). The van der Waals surface area contributed by atoms with Gasteiger partial charge in [-0.15, -0.1) is 11.8 Å². The highest BCUT2D eigenvalue weighted by molar-refractivity contribution is 7.99. The highest BCUT2D eigenvalue weighted by Crippen LogP contribution is 2.40. The molecule has 0 aliphatic carbocycles. The number of benzene rings is 3. The van der Waals surface area contributed by atoms with Crippen molar-refractivity contribution < 1.29 is 23.8 Å². The summed E-state index contributed by atoms with van der Waals surface area (Å²) in [7, 11) is 4.44. The maximum atomic E-state index is 12.8. The lowest BCUT2D eigenvalue weighted by Crippen LogP contribution is -2.15. The number of nitriles is 1. The van der Waals surface area contributed by atoms with E-state index in [-0.39, 0.29) is 17.9 Å². The molecule has 8 nitrogen and oxygen atoms in total. The van der Waals surface area contributed by atoms with E-state index in [1.54, 1.807) is 50.6 Å². The highest BCUT2D eigenvalue weighted by Gasteiger charge is 2.20. The summed E-state index contributed by atoms with van der Waals surface area (Å²) in [5.74, 6) is 0.738. The van der Waals surface area contributed by atoms with Crippen molar-refractivity contribution in [1.29, 1.82) is 5.26 Å². The predicted octanol–water partition coefficient (Wildman–Crippen LogP) is 6.21. The van der Waals surface area contributed by atoms with Gasteiger partial charge in [0, 0.05) is 28.9 Å². The van der Waals surface area contributed by atoms with Crippen molar-refractivity contribution in [3.8, 4) is 40.0 Å². The molecule has 0 aliphatic rings. The Labute approximate surface area is 236 Å². The molecule has 40 heavy (non-hydrogen) atoms. The van der Waals surface area contributed by atoms with Crippen LogP contribution < -0.4 is 14.8 Å². The van der Waals surface area contributed by atoms with Crippen LogP contribution in [0, 0.1) is 11.3 Å². The molecule has 0 atom stereocenters. The van der Waals surface area contributed by atoms with Crippen LogP contribution in [0.1, 0.15) is 22.3 Å². The number of carbonyl (C=O) groups excluding carboxylic acids is 2. The molecule has 1 amide bonds. The van der Waals surface area contributed by atoms with Crippen LogP contribution in [0.5, 0.6) is 11.5 Å². The second-order valence-corrected chi connectivity index (χ2v) is 9.55. The number of esters is 1. The van der Waals surface area contributed by atoms with Crippen LogP contribution in [0.2, 0.25) is 0 Å². The molecule has 4 rings (SSSR count). The average molecular weight is 554 g/mol. The zero-order valence-corrected chi connectivity index (χ0v) is 23.1. The number of amides is 1. The second kappa shape index (κ2) is 13.3. The quantitative estimate of drug-likeness (QED) is 0.182. The van der Waals surface area contributed by atoms with Crippen molar-refractivity contribution in [3.05, 3.63) is 90.0 Å². The van der Waals surface area contributed by atoms with Gasteiger partial charge in [0.15, 0.2) is 0 Å². The number of methoxy groups -OCH3 is 3. The maximum absolute atomic E-state index is 12.8. The molecule has 3 aromatic carbocycles. The van der Waals surface area contributed by atoms with Crippen LogP contribution in [0.3, 0.4) is 0 Å². The lowest BCUT2D eigenvalue weighted by molar-refractivity contribution is -0.115. The number of ether oxygens (including phenoxy) is 3. The van der Waals surface area contributed by atoms with E-state index in [4.69, 9.17) is 19.2 Å². The van der Waals surface area contributed by atoms with E-state index < -0.39 is 5.97 Å². The third-order valence-corrected chi connectivity index (χ3v) is 7.02. The number of nitrogens with one attached hydrogen (secondary N) is 1. The van der Waals surface area contributed by atoms with Gasteiger partial charge in [0.25, 0.3) is 0 Å². The fourth-order valence-corrected chi connectivity index (χ4v) is 5.00. The van der Waals surface area contributed by atoms with E-state index in [2.05, 4.69) is 11.4 Å². The van der Waals surface area contributed by atoms with Gasteiger partial charge >= 0.3 is 5.97 Å². The van der Waals surface area contributed by atoms with E-state index in [1.165, 1.54) is 18.9 Å². The Bertz CT molecular complexity index is 1570. The number of hydrogen-bond donors (Lipinski definition) is 1. The Hall–Kier alpha value is -4.81. The first-order valence-electron chi connectivity index (χ1n) is 12.3. The number of anilines is 1. The van der Waals surface area contributed by atoms with Crippen molar-refractivity contribution in [2.75, 3.05) is 32.4 Å². The zero-order chi connectivity index (χ0) is 28.5. The molecule has 0 unspecified atom stereocenters. The summed E-state index contributed by atoms with van der Waals surface area (Å²) < 4.78 is 15.8. The van der Waals surface area contributed by atoms with E-state index in [9.17, 15) is 14.9 Å². The maximum Gasteiger partial charge on any atom is 0.339 e. The first kappa shape index (κ1) is 28.2. The molecule has 9 heteroatoms. The van der Waals surface area contributed by atoms with E-state index >= 15 is 0 Å². The monoisotopic (exact) mass is 553 g/mol. The van der Waals surface area contributed by atoms with Gasteiger partial charge in [0.1, 0.15) is 22.6 Å². The molecule has 0 fully saturated rings. The normalized spacial score (nSPS) is 10.3. The van der Waals surface area contributed by atoms with Gasteiger partial charge in [0.2, 0.25) is 5.91 Å². The number of carbonyl (C=O) groups is 2. The smallest absolute Gasteiger partial charge is 0.339 e. The van der Waals surface area contributed by atoms with Crippen LogP contribution in [0.15, 0.2) is 83.9 Å². The Kier molecular flexibility index (Phi) is 9.39. The minimum Gasteiger partial charge on any atom is -0.497 e. The molecule has 0 saturated heterocycles. The largest absolute Gasteiger partial charge is 0.497 e. The Morgan fingerprint density at radius 1 is 0.925 bits per heavy atom. The summed E-state index contributed by atoms with van der Waals surface area (Å²) in [6.07, 6.45) is 0.125. The van der Waals surface area contributed by atoms with Crippen LogP contribution in [0.4, 0.5) is 5.69 Å². The van der Waals surface area contributed by atoms with Crippen LogP contribution in [0.25, 0.3) is 22.4 Å². The number of hydrogen-bond acceptors (Lipinski definition) is 8. The Balaban J connectivity index is 1.65. The summed E-state index contributed by atoms with van der Waals surface area (Å²) in [5.41, 5.74) is 3.91. The number of pyridine rings is 1. The van der Waals surface area contributed by atoms with E-state index in [1.807, 2.05) is 42.5 Å². The van der Waals surface area contributed by atoms with Gasteiger partial charge in [-0.05, 0) is 36.4 Å². The van der Waals surface area contributed by atoms with Gasteiger partial charge in [-0.3, -0.25) is 4.79 Å². The fourth-order valence-electron chi connectivity index (χ4n) is 4.06. The number of aromatic nitrogens is 1. The Morgan fingerprint density at radius 3 is 2.38 bits per heavy atom. The number of thioether (sulfide) groups is 1. The van der Waals surface area contributed by atoms with Gasteiger partial charge in [0.05, 0.1) is 43.8 Å². The minimum atomic E-state index is -0.536. The van der Waals surface area contributed by atoms with Crippen LogP contribution in [-0.4, -0.2) is 43.9 Å². The molecule has 1 N–H and O–H groups in total. The molecule has 0 radical (unpaired) electrons. The van der Waals surface area contributed by atoms with Crippen molar-refractivity contribution in [2.24, 2.45) is 0 Å². The van der Waals surface area contributed by atoms with Gasteiger partial charge < -0.3 is 19.5 Å². The van der Waals surface area contributed by atoms with Gasteiger partial charge in [-0.25, -0.2) is 9.78 Å². The number of rotatable bonds is 10. The molecule has 0 bridgehead atoms. The van der Waals surface area contributed by atoms with Crippen LogP contribution >= 0.6 is 11.8 Å². The highest BCUT2D eigenvalue weighted by atomic mass is 32.2. The molecule has 0 spiro atoms. The summed E-state index contributed by atoms with van der Waals surface area (Å²) >= 11 is 1.31. The molecule has 4 aromatic rings. The van der Waals surface area contributed by atoms with E-state index in [0.29, 0.717) is 50.3 Å². The van der Waals surface area contributed by atoms with Crippen molar-refractivity contribution in [1.82, 2.24) is 4.98 Å². The van der Waals surface area contributed by atoms with Crippen molar-refractivity contribution >= 4 is 29.3 Å². The zero-order valence-electron chi connectivity index (χ0n) is 22.3. The molecule has 202 valence electrons. The van der Waals surface area contributed by atoms with Crippen molar-refractivity contribution in [3.63, 3.8) is 0 Å². The molecule has 0 aliphatic heterocycles. The molecular formula is C31H27N3O5S. The summed E-state index contributed by atoms with van der Waals surface area (Å²) in [4.78, 5) is 29.6. The molecular weight excluding hydrogens is 526 g/mol. The average Bonchev–Trinajstić information content (AvgIpc) is 3.00. The minimum absolute atomic E-state index is 0.125. The number of nitrogens with zero attached hydrogens (tertiary/aromatic N) is 2.